The first-order valence-electron chi connectivity index (χ1n) is 3.15. The minimum Gasteiger partial charge on any atom is -0.383 e. The van der Waals surface area contributed by atoms with E-state index < -0.39 is 6.10 Å². The van der Waals surface area contributed by atoms with Crippen LogP contribution in [0.5, 0.6) is 0 Å². The van der Waals surface area contributed by atoms with E-state index in [9.17, 15) is 4.79 Å². The minimum atomic E-state index is -0.755. The van der Waals surface area contributed by atoms with Gasteiger partial charge in [-0.15, -0.1) is 0 Å². The Balaban J connectivity index is 2.30. The Hall–Kier alpha value is -0.570. The summed E-state index contributed by atoms with van der Waals surface area (Å²) in [6, 6.07) is 0. The second-order valence-corrected chi connectivity index (χ2v) is 2.40. The summed E-state index contributed by atoms with van der Waals surface area (Å²) in [6.07, 6.45) is 1.23. The number of aliphatic hydroxyl groups excluding tert-OH is 1. The summed E-state index contributed by atoms with van der Waals surface area (Å²) < 4.78 is 0. The molecular weight excluding hydrogens is 118 g/mol. The molecule has 1 amide bonds. The lowest BCUT2D eigenvalue weighted by Crippen LogP contribution is -2.33. The predicted molar refractivity (Wildman–Crippen MR) is 32.8 cm³/mol. The number of hydrogen-bond donors (Lipinski definition) is 2. The molecule has 0 radical (unpaired) electrons. The van der Waals surface area contributed by atoms with E-state index >= 15 is 0 Å². The zero-order valence-corrected chi connectivity index (χ0v) is 5.42. The molecule has 1 unspecified atom stereocenters. The number of nitrogens with one attached hydrogen (secondary N) is 1. The normalized spacial score (nSPS) is 21.1. The van der Waals surface area contributed by atoms with Crippen molar-refractivity contribution in [2.75, 3.05) is 7.05 Å². The lowest BCUT2D eigenvalue weighted by atomic mass is 10.2. The van der Waals surface area contributed by atoms with Crippen LogP contribution in [0.2, 0.25) is 0 Å². The molecule has 1 aliphatic carbocycles. The molecule has 52 valence electrons. The molecule has 2 N–H and O–H groups in total. The summed E-state index contributed by atoms with van der Waals surface area (Å²) in [5.41, 5.74) is 0. The first-order chi connectivity index (χ1) is 4.25. The van der Waals surface area contributed by atoms with Crippen LogP contribution in [-0.4, -0.2) is 24.2 Å². The van der Waals surface area contributed by atoms with Gasteiger partial charge in [-0.05, 0) is 18.8 Å². The van der Waals surface area contributed by atoms with Crippen LogP contribution in [0.1, 0.15) is 12.8 Å². The summed E-state index contributed by atoms with van der Waals surface area (Å²) in [5.74, 6) is -0.0116. The maximum absolute atomic E-state index is 10.6. The van der Waals surface area contributed by atoms with Crippen LogP contribution in [0.3, 0.4) is 0 Å². The molecule has 1 saturated carbocycles. The highest BCUT2D eigenvalue weighted by Crippen LogP contribution is 2.32. The molecule has 3 heteroatoms. The molecule has 9 heavy (non-hydrogen) atoms. The van der Waals surface area contributed by atoms with Crippen molar-refractivity contribution in [1.82, 2.24) is 5.32 Å². The third-order valence-electron chi connectivity index (χ3n) is 1.58. The molecule has 0 aliphatic heterocycles. The maximum Gasteiger partial charge on any atom is 0.248 e. The monoisotopic (exact) mass is 129 g/mol. The van der Waals surface area contributed by atoms with Crippen molar-refractivity contribution in [3.63, 3.8) is 0 Å². The highest BCUT2D eigenvalue weighted by molar-refractivity contribution is 5.80. The van der Waals surface area contributed by atoms with Gasteiger partial charge in [0.25, 0.3) is 0 Å². The number of carbonyl (C=O) groups is 1. The van der Waals surface area contributed by atoms with Gasteiger partial charge in [0.1, 0.15) is 6.10 Å². The smallest absolute Gasteiger partial charge is 0.248 e. The molecule has 0 heterocycles. The molecule has 0 bridgehead atoms. The van der Waals surface area contributed by atoms with Gasteiger partial charge in [0.15, 0.2) is 0 Å². The molecule has 0 aromatic rings. The zero-order chi connectivity index (χ0) is 6.85. The standard InChI is InChI=1S/C6H11NO2/c1-7-6(9)5(8)4-2-3-4/h4-5,8H,2-3H2,1H3,(H,7,9). The van der Waals surface area contributed by atoms with Gasteiger partial charge in [-0.25, -0.2) is 0 Å². The van der Waals surface area contributed by atoms with E-state index in [0.29, 0.717) is 0 Å². The summed E-state index contributed by atoms with van der Waals surface area (Å²) in [7, 11) is 1.54. The molecule has 1 fully saturated rings. The summed E-state index contributed by atoms with van der Waals surface area (Å²) in [6.45, 7) is 0. The van der Waals surface area contributed by atoms with Gasteiger partial charge in [0.05, 0.1) is 0 Å². The van der Waals surface area contributed by atoms with Crippen molar-refractivity contribution in [3.8, 4) is 0 Å². The van der Waals surface area contributed by atoms with Crippen LogP contribution >= 0.6 is 0 Å². The highest BCUT2D eigenvalue weighted by Gasteiger charge is 2.33. The van der Waals surface area contributed by atoms with Crippen LogP contribution in [0.25, 0.3) is 0 Å². The average molecular weight is 129 g/mol. The quantitative estimate of drug-likeness (QED) is 0.528. The number of likely N-dealkylation sites (N-methyl/N-ethyl adjacent to an activating group) is 1. The topological polar surface area (TPSA) is 49.3 Å². The number of carbonyl (C=O) groups excluding carboxylic acids is 1. The van der Waals surface area contributed by atoms with Gasteiger partial charge in [-0.3, -0.25) is 4.79 Å². The van der Waals surface area contributed by atoms with Crippen molar-refractivity contribution in [3.05, 3.63) is 0 Å². The molecule has 0 saturated heterocycles. The molecule has 0 aromatic carbocycles. The van der Waals surface area contributed by atoms with Gasteiger partial charge in [-0.2, -0.15) is 0 Å². The molecular formula is C6H11NO2. The van der Waals surface area contributed by atoms with Crippen molar-refractivity contribution in [1.29, 1.82) is 0 Å². The van der Waals surface area contributed by atoms with Crippen molar-refractivity contribution >= 4 is 5.91 Å². The molecule has 1 aliphatic rings. The Morgan fingerprint density at radius 1 is 1.78 bits per heavy atom. The number of rotatable bonds is 2. The molecule has 1 atom stereocenters. The Labute approximate surface area is 54.1 Å². The second-order valence-electron chi connectivity index (χ2n) is 2.40. The lowest BCUT2D eigenvalue weighted by Gasteiger charge is -2.04. The number of hydrogen-bond acceptors (Lipinski definition) is 2. The van der Waals surface area contributed by atoms with Crippen LogP contribution in [0.15, 0.2) is 0 Å². The second kappa shape index (κ2) is 2.35. The van der Waals surface area contributed by atoms with E-state index in [4.69, 9.17) is 5.11 Å². The molecule has 3 nitrogen and oxygen atoms in total. The Morgan fingerprint density at radius 3 is 2.67 bits per heavy atom. The van der Waals surface area contributed by atoms with E-state index in [1.165, 1.54) is 7.05 Å². The van der Waals surface area contributed by atoms with Crippen LogP contribution < -0.4 is 5.32 Å². The SMILES string of the molecule is CNC(=O)C(O)C1CC1. The van der Waals surface area contributed by atoms with Crippen molar-refractivity contribution in [2.24, 2.45) is 5.92 Å². The highest BCUT2D eigenvalue weighted by atomic mass is 16.3. The van der Waals surface area contributed by atoms with E-state index in [1.54, 1.807) is 0 Å². The summed E-state index contributed by atoms with van der Waals surface area (Å²) in [4.78, 5) is 10.6. The van der Waals surface area contributed by atoms with Gasteiger partial charge in [0, 0.05) is 7.05 Å². The first-order valence-corrected chi connectivity index (χ1v) is 3.15. The van der Waals surface area contributed by atoms with E-state index in [1.807, 2.05) is 0 Å². The lowest BCUT2D eigenvalue weighted by molar-refractivity contribution is -0.129. The van der Waals surface area contributed by atoms with Gasteiger partial charge >= 0.3 is 0 Å². The van der Waals surface area contributed by atoms with Crippen LogP contribution in [0, 0.1) is 5.92 Å². The van der Waals surface area contributed by atoms with E-state index in [2.05, 4.69) is 5.32 Å². The first kappa shape index (κ1) is 6.55. The fraction of sp³-hybridized carbons (Fsp3) is 0.833. The van der Waals surface area contributed by atoms with Crippen LogP contribution in [-0.2, 0) is 4.79 Å². The van der Waals surface area contributed by atoms with Crippen LogP contribution in [0.4, 0.5) is 0 Å². The fourth-order valence-corrected chi connectivity index (χ4v) is 0.774. The predicted octanol–water partition coefficient (Wildman–Crippen LogP) is -0.497. The number of amides is 1. The third kappa shape index (κ3) is 1.42. The van der Waals surface area contributed by atoms with Crippen molar-refractivity contribution < 1.29 is 9.90 Å². The fourth-order valence-electron chi connectivity index (χ4n) is 0.774. The zero-order valence-electron chi connectivity index (χ0n) is 5.42. The summed E-state index contributed by atoms with van der Waals surface area (Å²) >= 11 is 0. The van der Waals surface area contributed by atoms with Gasteiger partial charge in [0.2, 0.25) is 5.91 Å². The Kier molecular flexibility index (Phi) is 1.71. The largest absolute Gasteiger partial charge is 0.383 e. The minimum absolute atomic E-state index is 0.241. The van der Waals surface area contributed by atoms with E-state index in [0.717, 1.165) is 12.8 Å². The van der Waals surface area contributed by atoms with Crippen molar-refractivity contribution in [2.45, 2.75) is 18.9 Å². The maximum atomic E-state index is 10.6. The molecule has 0 aromatic heterocycles. The molecule has 1 rings (SSSR count). The van der Waals surface area contributed by atoms with Gasteiger partial charge in [-0.1, -0.05) is 0 Å². The Morgan fingerprint density at radius 2 is 2.33 bits per heavy atom. The van der Waals surface area contributed by atoms with E-state index in [-0.39, 0.29) is 11.8 Å². The third-order valence-corrected chi connectivity index (χ3v) is 1.58. The molecule has 0 spiro atoms. The number of aliphatic hydroxyl groups is 1. The Bertz CT molecular complexity index is 120. The van der Waals surface area contributed by atoms with Gasteiger partial charge < -0.3 is 10.4 Å². The average Bonchev–Trinajstić information content (AvgIpc) is 2.66. The summed E-state index contributed by atoms with van der Waals surface area (Å²) in [5, 5.41) is 11.4.